The van der Waals surface area contributed by atoms with Crippen LogP contribution in [0, 0.1) is 27.7 Å². The summed E-state index contributed by atoms with van der Waals surface area (Å²) < 4.78 is 12.3. The van der Waals surface area contributed by atoms with Crippen LogP contribution in [-0.4, -0.2) is 34.2 Å². The maximum atomic E-state index is 6.15. The molecule has 0 saturated heterocycles. The number of hydrogen-bond acceptors (Lipinski definition) is 2. The minimum Gasteiger partial charge on any atom is -0.496 e. The first-order chi connectivity index (χ1) is 29.2. The van der Waals surface area contributed by atoms with Crippen LogP contribution in [0.25, 0.3) is 23.3 Å². The molecule has 1 aliphatic heterocycles. The molecule has 6 aromatic rings. The van der Waals surface area contributed by atoms with Crippen LogP contribution in [0.4, 0.5) is 0 Å². The van der Waals surface area contributed by atoms with Crippen molar-refractivity contribution < 1.29 is 9.47 Å². The highest BCUT2D eigenvalue weighted by molar-refractivity contribution is 5.86. The molecular weight excluding hydrogens is 737 g/mol. The van der Waals surface area contributed by atoms with E-state index in [4.69, 9.17) is 9.47 Å². The van der Waals surface area contributed by atoms with Gasteiger partial charge in [-0.2, -0.15) is 0 Å². The minimum atomic E-state index is 0.864. The zero-order valence-electron chi connectivity index (χ0n) is 38.1. The summed E-state index contributed by atoms with van der Waals surface area (Å²) in [6, 6.07) is 17.0. The van der Waals surface area contributed by atoms with Crippen LogP contribution in [0.15, 0.2) is 48.5 Å². The molecular formula is C54H68N4O2. The van der Waals surface area contributed by atoms with Crippen LogP contribution in [-0.2, 0) is 25.7 Å². The molecule has 4 aromatic heterocycles. The molecule has 0 fully saturated rings. The lowest BCUT2D eigenvalue weighted by Crippen LogP contribution is -2.18. The van der Waals surface area contributed by atoms with Crippen molar-refractivity contribution in [2.45, 2.75) is 132 Å². The average molecular weight is 805 g/mol. The highest BCUT2D eigenvalue weighted by atomic mass is 16.5. The summed E-state index contributed by atoms with van der Waals surface area (Å²) in [5.41, 5.74) is 19.8. The van der Waals surface area contributed by atoms with Gasteiger partial charge in [-0.1, -0.05) is 89.8 Å². The number of methoxy groups -OCH3 is 2. The van der Waals surface area contributed by atoms with Crippen LogP contribution in [0.2, 0.25) is 0 Å². The molecule has 0 aliphatic carbocycles. The van der Waals surface area contributed by atoms with E-state index in [1.54, 1.807) is 14.2 Å². The Labute approximate surface area is 358 Å². The Hall–Kier alpha value is -5.36. The second-order valence-corrected chi connectivity index (χ2v) is 16.9. The quantitative estimate of drug-likeness (QED) is 0.0785. The van der Waals surface area contributed by atoms with Crippen molar-refractivity contribution in [3.05, 3.63) is 148 Å². The lowest BCUT2D eigenvalue weighted by Gasteiger charge is -2.13. The van der Waals surface area contributed by atoms with E-state index in [1.807, 2.05) is 0 Å². The number of rotatable bonds is 16. The Bertz CT molecular complexity index is 2540. The predicted molar refractivity (Wildman–Crippen MR) is 251 cm³/mol. The number of aromatic amines is 4. The molecule has 316 valence electrons. The molecule has 5 heterocycles. The monoisotopic (exact) mass is 805 g/mol. The predicted octanol–water partition coefficient (Wildman–Crippen LogP) is 10.1. The molecule has 0 atom stereocenters. The highest BCUT2D eigenvalue weighted by Gasteiger charge is 2.25. The van der Waals surface area contributed by atoms with E-state index in [9.17, 15) is 0 Å². The summed E-state index contributed by atoms with van der Waals surface area (Å²) in [4.78, 5) is 16.4. The number of benzene rings is 2. The van der Waals surface area contributed by atoms with Crippen molar-refractivity contribution in [2.24, 2.45) is 0 Å². The molecule has 0 unspecified atom stereocenters. The van der Waals surface area contributed by atoms with E-state index in [1.165, 1.54) is 66.6 Å². The molecule has 4 N–H and O–H groups in total. The van der Waals surface area contributed by atoms with Crippen molar-refractivity contribution in [1.82, 2.24) is 19.9 Å². The van der Waals surface area contributed by atoms with Crippen molar-refractivity contribution in [3.8, 4) is 11.5 Å². The lowest BCUT2D eigenvalue weighted by atomic mass is 9.94. The molecule has 1 aliphatic rings. The van der Waals surface area contributed by atoms with E-state index in [0.29, 0.717) is 0 Å². The number of para-hydroxylation sites is 2. The Kier molecular flexibility index (Phi) is 13.5. The van der Waals surface area contributed by atoms with E-state index in [0.717, 1.165) is 133 Å². The number of aromatic nitrogens is 4. The SMILES string of the molecule is CCCCc1c2[nH]c(c1C)C(c1ccccc1OC)=c1[nH]c(c(CCCC)c1C)=Cc1[nH]c(c(C)c1CCCC)C(c1ccccc1OC)=c1[nH]c(c(CCCC)c1C)=C2. The number of fused-ring (bicyclic) bond motifs is 8. The van der Waals surface area contributed by atoms with Crippen molar-refractivity contribution in [3.63, 3.8) is 0 Å². The first-order valence-electron chi connectivity index (χ1n) is 22.8. The molecule has 7 rings (SSSR count). The molecule has 60 heavy (non-hydrogen) atoms. The first-order valence-corrected chi connectivity index (χ1v) is 22.8. The van der Waals surface area contributed by atoms with Crippen molar-refractivity contribution in [2.75, 3.05) is 14.2 Å². The summed E-state index contributed by atoms with van der Waals surface area (Å²) in [7, 11) is 3.58. The van der Waals surface area contributed by atoms with E-state index < -0.39 is 0 Å². The van der Waals surface area contributed by atoms with Crippen molar-refractivity contribution in [1.29, 1.82) is 0 Å². The zero-order valence-corrected chi connectivity index (χ0v) is 38.1. The molecule has 6 heteroatoms. The van der Waals surface area contributed by atoms with Crippen molar-refractivity contribution >= 4 is 23.3 Å². The van der Waals surface area contributed by atoms with Crippen LogP contribution in [0.3, 0.4) is 0 Å². The van der Waals surface area contributed by atoms with Gasteiger partial charge in [0.2, 0.25) is 0 Å². The van der Waals surface area contributed by atoms with Gasteiger partial charge >= 0.3 is 0 Å². The molecule has 0 spiro atoms. The molecule has 0 amide bonds. The molecule has 0 saturated carbocycles. The van der Waals surface area contributed by atoms with Gasteiger partial charge in [0.05, 0.1) is 36.3 Å². The van der Waals surface area contributed by atoms with Gasteiger partial charge in [0.25, 0.3) is 0 Å². The van der Waals surface area contributed by atoms with Crippen LogP contribution >= 0.6 is 0 Å². The second-order valence-electron chi connectivity index (χ2n) is 16.9. The molecule has 8 bridgehead atoms. The van der Waals surface area contributed by atoms with Gasteiger partial charge in [-0.3, -0.25) is 0 Å². The van der Waals surface area contributed by atoms with Crippen LogP contribution in [0.1, 0.15) is 157 Å². The number of nitrogens with one attached hydrogen (secondary N) is 4. The smallest absolute Gasteiger partial charge is 0.126 e. The molecule has 0 radical (unpaired) electrons. The normalized spacial score (nSPS) is 12.5. The Morgan fingerprint density at radius 3 is 1.13 bits per heavy atom. The standard InChI is InChI=1S/C54H68N4O2/c1-11-15-23-37-33(5)51-49(41-27-19-21-29-47(41)59-9)52-35(7)39(25-17-13-3)45(57-52)32-46-40(26-18-14-4)36(8)54(58-46)50(42-28-20-22-30-48(42)60-10)53-34(6)38(24-16-12-2)44(56-53)31-43(37)55-51/h19-22,27-32,55-58H,11-18,23-26H2,1-10H3. The van der Waals surface area contributed by atoms with E-state index >= 15 is 0 Å². The fourth-order valence-corrected chi connectivity index (χ4v) is 9.60. The van der Waals surface area contributed by atoms with Gasteiger partial charge in [-0.25, -0.2) is 0 Å². The zero-order chi connectivity index (χ0) is 42.5. The fraction of sp³-hybridized carbons (Fsp3) is 0.407. The molecule has 6 nitrogen and oxygen atoms in total. The topological polar surface area (TPSA) is 81.6 Å². The Morgan fingerprint density at radius 2 is 0.783 bits per heavy atom. The van der Waals surface area contributed by atoms with Crippen LogP contribution < -0.4 is 30.9 Å². The van der Waals surface area contributed by atoms with Gasteiger partial charge in [0.15, 0.2) is 0 Å². The van der Waals surface area contributed by atoms with Gasteiger partial charge in [0, 0.05) is 44.4 Å². The third kappa shape index (κ3) is 7.98. The summed E-state index contributed by atoms with van der Waals surface area (Å²) in [5.74, 6) is 1.73. The number of H-pyrrole nitrogens is 4. The van der Waals surface area contributed by atoms with E-state index in [2.05, 4.69) is 136 Å². The van der Waals surface area contributed by atoms with Gasteiger partial charge in [0.1, 0.15) is 11.5 Å². The number of ether oxygens (including phenoxy) is 2. The summed E-state index contributed by atoms with van der Waals surface area (Å²) in [6.07, 6.45) is 17.8. The van der Waals surface area contributed by atoms with Gasteiger partial charge in [-0.15, -0.1) is 0 Å². The summed E-state index contributed by atoms with van der Waals surface area (Å²) >= 11 is 0. The first kappa shape index (κ1) is 42.8. The third-order valence-corrected chi connectivity index (χ3v) is 13.1. The Morgan fingerprint density at radius 1 is 0.433 bits per heavy atom. The fourth-order valence-electron chi connectivity index (χ4n) is 9.60. The summed E-state index contributed by atoms with van der Waals surface area (Å²) in [5, 5.41) is 4.62. The Balaban J connectivity index is 1.76. The maximum Gasteiger partial charge on any atom is 0.126 e. The van der Waals surface area contributed by atoms with Crippen LogP contribution in [0.5, 0.6) is 11.5 Å². The maximum absolute atomic E-state index is 6.15. The van der Waals surface area contributed by atoms with E-state index in [-0.39, 0.29) is 0 Å². The number of unbranched alkanes of at least 4 members (excludes halogenated alkanes) is 4. The minimum absolute atomic E-state index is 0.864. The van der Waals surface area contributed by atoms with Gasteiger partial charge < -0.3 is 29.4 Å². The average Bonchev–Trinajstić information content (AvgIpc) is 3.94. The second kappa shape index (κ2) is 18.9. The van der Waals surface area contributed by atoms with Gasteiger partial charge in [-0.05, 0) is 148 Å². The molecule has 2 aromatic carbocycles. The lowest BCUT2D eigenvalue weighted by molar-refractivity contribution is 0.413. The summed E-state index contributed by atoms with van der Waals surface area (Å²) in [6.45, 7) is 18.4. The number of hydrogen-bond donors (Lipinski definition) is 4. The largest absolute Gasteiger partial charge is 0.496 e. The highest BCUT2D eigenvalue weighted by Crippen LogP contribution is 2.36. The third-order valence-electron chi connectivity index (χ3n) is 13.1.